The van der Waals surface area contributed by atoms with Crippen LogP contribution in [0.2, 0.25) is 0 Å². The molecule has 4 rings (SSSR count). The van der Waals surface area contributed by atoms with Gasteiger partial charge in [-0.2, -0.15) is 0 Å². The van der Waals surface area contributed by atoms with E-state index < -0.39 is 47.7 Å². The minimum absolute atomic E-state index is 0.0636. The first-order valence-corrected chi connectivity index (χ1v) is 13.0. The first kappa shape index (κ1) is 26.0. The van der Waals surface area contributed by atoms with Crippen LogP contribution in [0.3, 0.4) is 0 Å². The van der Waals surface area contributed by atoms with Crippen LogP contribution in [0.25, 0.3) is 0 Å². The van der Waals surface area contributed by atoms with Gasteiger partial charge in [-0.3, -0.25) is 14.4 Å². The lowest BCUT2D eigenvalue weighted by molar-refractivity contribution is -0.192. The monoisotopic (exact) mass is 504 g/mol. The summed E-state index contributed by atoms with van der Waals surface area (Å²) in [6, 6.07) is 3.75. The smallest absolute Gasteiger partial charge is 0.328 e. The number of esters is 3. The Kier molecular flexibility index (Phi) is 7.26. The van der Waals surface area contributed by atoms with Crippen LogP contribution >= 0.6 is 12.6 Å². The number of carbonyl (C=O) groups excluding carboxylic acids is 3. The van der Waals surface area contributed by atoms with Crippen LogP contribution in [-0.4, -0.2) is 42.3 Å². The molecule has 3 fully saturated rings. The molecule has 2 heterocycles. The third-order valence-corrected chi connectivity index (χ3v) is 7.85. The molecule has 0 radical (unpaired) electrons. The lowest BCUT2D eigenvalue weighted by Gasteiger charge is -2.34. The molecule has 2 bridgehead atoms. The average molecular weight is 505 g/mol. The number of benzene rings is 1. The maximum atomic E-state index is 13.5. The van der Waals surface area contributed by atoms with Crippen LogP contribution in [0.4, 0.5) is 0 Å². The summed E-state index contributed by atoms with van der Waals surface area (Å²) in [7, 11) is 0. The van der Waals surface area contributed by atoms with Gasteiger partial charge in [-0.25, -0.2) is 0 Å². The molecular formula is C27H36O7S. The molecule has 2 saturated heterocycles. The van der Waals surface area contributed by atoms with Crippen molar-refractivity contribution in [2.24, 2.45) is 11.3 Å². The minimum atomic E-state index is -1.35. The number of rotatable bonds is 6. The summed E-state index contributed by atoms with van der Waals surface area (Å²) < 4.78 is 23.4. The van der Waals surface area contributed by atoms with Gasteiger partial charge in [0.2, 0.25) is 0 Å². The summed E-state index contributed by atoms with van der Waals surface area (Å²) in [4.78, 5) is 40.2. The number of hydrogen-bond acceptors (Lipinski definition) is 8. The highest BCUT2D eigenvalue weighted by molar-refractivity contribution is 7.80. The molecule has 5 unspecified atom stereocenters. The van der Waals surface area contributed by atoms with E-state index >= 15 is 0 Å². The van der Waals surface area contributed by atoms with Gasteiger partial charge in [0, 0.05) is 4.90 Å². The van der Waals surface area contributed by atoms with Crippen molar-refractivity contribution in [3.63, 3.8) is 0 Å². The molecule has 5 atom stereocenters. The topological polar surface area (TPSA) is 88.1 Å². The molecule has 0 spiro atoms. The molecule has 35 heavy (non-hydrogen) atoms. The summed E-state index contributed by atoms with van der Waals surface area (Å²) in [5.74, 6) is -2.59. The second kappa shape index (κ2) is 9.77. The van der Waals surface area contributed by atoms with Gasteiger partial charge >= 0.3 is 17.9 Å². The van der Waals surface area contributed by atoms with E-state index in [1.165, 1.54) is 0 Å². The summed E-state index contributed by atoms with van der Waals surface area (Å²) in [6.45, 7) is 11.7. The van der Waals surface area contributed by atoms with Crippen molar-refractivity contribution in [2.75, 3.05) is 0 Å². The lowest BCUT2D eigenvalue weighted by Crippen LogP contribution is -2.54. The van der Waals surface area contributed by atoms with E-state index in [1.807, 2.05) is 46.8 Å². The summed E-state index contributed by atoms with van der Waals surface area (Å²) >= 11 is 4.52. The Morgan fingerprint density at radius 1 is 1.06 bits per heavy atom. The normalized spacial score (nSPS) is 29.4. The third-order valence-electron chi connectivity index (χ3n) is 7.59. The van der Waals surface area contributed by atoms with Crippen molar-refractivity contribution < 1.29 is 33.3 Å². The molecule has 0 N–H and O–H groups in total. The van der Waals surface area contributed by atoms with Crippen LogP contribution in [0.5, 0.6) is 5.75 Å². The van der Waals surface area contributed by atoms with Gasteiger partial charge in [-0.05, 0) is 61.8 Å². The SMILES string of the molecule is CC(C)c1cc(S)cc(C(C)C)c1OC(=O)C1C(=O)OC2C(C)OC1C2OC(=O)C1(C)CCCC1. The zero-order chi connectivity index (χ0) is 25.7. The molecule has 1 aromatic carbocycles. The van der Waals surface area contributed by atoms with E-state index in [4.69, 9.17) is 18.9 Å². The Hall–Kier alpha value is -2.06. The highest BCUT2D eigenvalue weighted by atomic mass is 32.1. The van der Waals surface area contributed by atoms with E-state index in [0.29, 0.717) is 5.75 Å². The van der Waals surface area contributed by atoms with E-state index in [2.05, 4.69) is 12.6 Å². The van der Waals surface area contributed by atoms with Crippen LogP contribution < -0.4 is 4.74 Å². The fourth-order valence-corrected chi connectivity index (χ4v) is 5.70. The second-order valence-corrected chi connectivity index (χ2v) is 11.5. The van der Waals surface area contributed by atoms with Crippen molar-refractivity contribution in [1.82, 2.24) is 0 Å². The lowest BCUT2D eigenvalue weighted by atomic mass is 9.88. The number of ether oxygens (including phenoxy) is 4. The summed E-state index contributed by atoms with van der Waals surface area (Å²) in [5.41, 5.74) is 1.09. The second-order valence-electron chi connectivity index (χ2n) is 11.0. The molecule has 1 aromatic rings. The Bertz CT molecular complexity index is 982. The minimum Gasteiger partial charge on any atom is -0.455 e. The van der Waals surface area contributed by atoms with E-state index in [-0.39, 0.29) is 17.8 Å². The van der Waals surface area contributed by atoms with Gasteiger partial charge in [-0.15, -0.1) is 12.6 Å². The van der Waals surface area contributed by atoms with E-state index in [0.717, 1.165) is 41.7 Å². The Balaban J connectivity index is 1.62. The standard InChI is InChI=1S/C27H36O7S/c1-13(2)17-11-16(35)12-18(14(3)4)21(17)33-25(29)19-22-23(20(15(5)31-22)32-24(19)28)34-26(30)27(6)9-7-8-10-27/h11-15,19-20,22-23,35H,7-10H2,1-6H3. The maximum Gasteiger partial charge on any atom is 0.328 e. The molecule has 0 aromatic heterocycles. The van der Waals surface area contributed by atoms with Crippen molar-refractivity contribution in [2.45, 2.75) is 108 Å². The first-order valence-electron chi connectivity index (χ1n) is 12.6. The third kappa shape index (κ3) is 4.84. The molecule has 192 valence electrons. The Morgan fingerprint density at radius 2 is 1.63 bits per heavy atom. The molecule has 8 heteroatoms. The van der Waals surface area contributed by atoms with E-state index in [9.17, 15) is 14.4 Å². The van der Waals surface area contributed by atoms with Gasteiger partial charge < -0.3 is 18.9 Å². The zero-order valence-electron chi connectivity index (χ0n) is 21.3. The molecule has 2 aliphatic heterocycles. The molecule has 3 aliphatic rings. The molecular weight excluding hydrogens is 468 g/mol. The number of hydrogen-bond donors (Lipinski definition) is 1. The van der Waals surface area contributed by atoms with Gasteiger partial charge in [0.25, 0.3) is 0 Å². The van der Waals surface area contributed by atoms with E-state index in [1.54, 1.807) is 6.92 Å². The summed E-state index contributed by atoms with van der Waals surface area (Å²) in [5, 5.41) is 0. The van der Waals surface area contributed by atoms with Crippen LogP contribution in [-0.2, 0) is 28.6 Å². The van der Waals surface area contributed by atoms with Crippen molar-refractivity contribution in [3.8, 4) is 5.75 Å². The Morgan fingerprint density at radius 3 is 2.17 bits per heavy atom. The largest absolute Gasteiger partial charge is 0.455 e. The number of fused-ring (bicyclic) bond motifs is 2. The Labute approximate surface area is 212 Å². The van der Waals surface area contributed by atoms with Gasteiger partial charge in [-0.1, -0.05) is 40.5 Å². The zero-order valence-corrected chi connectivity index (χ0v) is 22.2. The van der Waals surface area contributed by atoms with Crippen LogP contribution in [0.15, 0.2) is 17.0 Å². The maximum absolute atomic E-state index is 13.5. The van der Waals surface area contributed by atoms with Crippen LogP contribution in [0.1, 0.15) is 90.2 Å². The average Bonchev–Trinajstić information content (AvgIpc) is 3.30. The summed E-state index contributed by atoms with van der Waals surface area (Å²) in [6.07, 6.45) is 0.413. The van der Waals surface area contributed by atoms with Crippen molar-refractivity contribution in [3.05, 3.63) is 23.3 Å². The predicted octanol–water partition coefficient (Wildman–Crippen LogP) is 4.95. The molecule has 7 nitrogen and oxygen atoms in total. The quantitative estimate of drug-likeness (QED) is 0.254. The number of carbonyl (C=O) groups is 3. The molecule has 0 amide bonds. The molecule has 1 saturated carbocycles. The van der Waals surface area contributed by atoms with Crippen LogP contribution in [0, 0.1) is 11.3 Å². The van der Waals surface area contributed by atoms with Gasteiger partial charge in [0.05, 0.1) is 11.5 Å². The van der Waals surface area contributed by atoms with Crippen molar-refractivity contribution >= 4 is 30.5 Å². The van der Waals surface area contributed by atoms with Gasteiger partial charge in [0.15, 0.2) is 18.1 Å². The number of thiol groups is 1. The van der Waals surface area contributed by atoms with Gasteiger partial charge in [0.1, 0.15) is 11.9 Å². The fourth-order valence-electron chi connectivity index (χ4n) is 5.42. The van der Waals surface area contributed by atoms with Crippen molar-refractivity contribution in [1.29, 1.82) is 0 Å². The first-order chi connectivity index (χ1) is 16.4. The highest BCUT2D eigenvalue weighted by Crippen LogP contribution is 2.43. The fraction of sp³-hybridized carbons (Fsp3) is 0.667. The highest BCUT2D eigenvalue weighted by Gasteiger charge is 2.61. The predicted molar refractivity (Wildman–Crippen MR) is 132 cm³/mol. The molecule has 1 aliphatic carbocycles.